The van der Waals surface area contributed by atoms with Crippen molar-refractivity contribution in [1.29, 1.82) is 0 Å². The lowest BCUT2D eigenvalue weighted by atomic mass is 9.98. The number of anilines is 1. The third kappa shape index (κ3) is 12.8. The van der Waals surface area contributed by atoms with Gasteiger partial charge in [0.25, 0.3) is 0 Å². The van der Waals surface area contributed by atoms with Crippen LogP contribution < -0.4 is 14.8 Å². The van der Waals surface area contributed by atoms with Crippen LogP contribution >= 0.6 is 0 Å². The third-order valence-electron chi connectivity index (χ3n) is 9.09. The first-order chi connectivity index (χ1) is 24.4. The number of carbonyl (C=O) groups excluding carboxylic acids is 2. The number of rotatable bonds is 18. The van der Waals surface area contributed by atoms with Crippen LogP contribution in [0.3, 0.4) is 0 Å². The zero-order valence-electron chi connectivity index (χ0n) is 29.1. The van der Waals surface area contributed by atoms with E-state index >= 15 is 0 Å². The standard InChI is InChI=1S/C39H53NO10/c1-28(41)40-29-19-21-31(22-20-29)48-36(43)16-8-3-2-7-15-33-34(42)25-35(50-38-18-10-12-24-45-38)39(33)47-27-32(49-37-17-9-11-23-44-37)26-46-30-13-5-4-6-14-30/h2,4-7,13-14,19-22,32-35,37-39,42H,3,8-12,15-18,23-27H2,1H3,(H,40,41)/b7-2-/t32?,33-,34-,35+,37?,38?,39+/m0/s1. The van der Waals surface area contributed by atoms with E-state index in [-0.39, 0.29) is 61.7 Å². The fourth-order valence-electron chi connectivity index (χ4n) is 6.52. The minimum Gasteiger partial charge on any atom is -0.491 e. The SMILES string of the molecule is CC(=O)Nc1ccc(OC(=O)CCC/C=C\C[C@@H]2[C@@H](OCC(COc3ccccc3)OC3CCCCO3)[C@H](OC3CCCCO3)C[C@@H]2O)cc1. The maximum atomic E-state index is 12.4. The molecule has 2 aromatic carbocycles. The molecule has 3 fully saturated rings. The average molecular weight is 696 g/mol. The minimum atomic E-state index is -0.605. The van der Waals surface area contributed by atoms with Gasteiger partial charge in [0.1, 0.15) is 24.2 Å². The molecule has 3 aliphatic rings. The molecule has 0 aromatic heterocycles. The van der Waals surface area contributed by atoms with Gasteiger partial charge in [0.15, 0.2) is 12.6 Å². The molecule has 0 bridgehead atoms. The second-order valence-electron chi connectivity index (χ2n) is 13.2. The zero-order valence-corrected chi connectivity index (χ0v) is 29.1. The Morgan fingerprint density at radius 3 is 2.36 bits per heavy atom. The fraction of sp³-hybridized carbons (Fsp3) is 0.590. The van der Waals surface area contributed by atoms with Gasteiger partial charge in [-0.1, -0.05) is 30.4 Å². The van der Waals surface area contributed by atoms with E-state index in [1.54, 1.807) is 24.3 Å². The summed E-state index contributed by atoms with van der Waals surface area (Å²) in [4.78, 5) is 23.6. The number of amides is 1. The molecule has 1 saturated carbocycles. The first kappa shape index (κ1) is 37.9. The first-order valence-electron chi connectivity index (χ1n) is 18.2. The van der Waals surface area contributed by atoms with E-state index in [4.69, 9.17) is 33.2 Å². The fourth-order valence-corrected chi connectivity index (χ4v) is 6.52. The predicted molar refractivity (Wildman–Crippen MR) is 187 cm³/mol. The van der Waals surface area contributed by atoms with E-state index in [1.165, 1.54) is 6.92 Å². The molecule has 50 heavy (non-hydrogen) atoms. The number of allylic oxidation sites excluding steroid dienone is 2. The smallest absolute Gasteiger partial charge is 0.311 e. The van der Waals surface area contributed by atoms with E-state index in [0.717, 1.165) is 44.3 Å². The molecule has 1 aliphatic carbocycles. The van der Waals surface area contributed by atoms with Gasteiger partial charge < -0.3 is 43.6 Å². The summed E-state index contributed by atoms with van der Waals surface area (Å²) >= 11 is 0. The second-order valence-corrected chi connectivity index (χ2v) is 13.2. The van der Waals surface area contributed by atoms with Gasteiger partial charge >= 0.3 is 5.97 Å². The number of nitrogens with one attached hydrogen (secondary N) is 1. The molecular formula is C39H53NO10. The summed E-state index contributed by atoms with van der Waals surface area (Å²) in [7, 11) is 0. The molecule has 2 saturated heterocycles. The Labute approximate surface area is 295 Å². The maximum Gasteiger partial charge on any atom is 0.311 e. The Morgan fingerprint density at radius 2 is 1.66 bits per heavy atom. The van der Waals surface area contributed by atoms with Crippen molar-refractivity contribution in [2.75, 3.05) is 31.7 Å². The van der Waals surface area contributed by atoms with E-state index in [0.29, 0.717) is 56.9 Å². The van der Waals surface area contributed by atoms with Crippen LogP contribution in [-0.4, -0.2) is 80.4 Å². The maximum absolute atomic E-state index is 12.4. The van der Waals surface area contributed by atoms with Crippen molar-refractivity contribution in [3.63, 3.8) is 0 Å². The summed E-state index contributed by atoms with van der Waals surface area (Å²) in [6, 6.07) is 16.3. The highest BCUT2D eigenvalue weighted by atomic mass is 16.7. The third-order valence-corrected chi connectivity index (χ3v) is 9.09. The van der Waals surface area contributed by atoms with Gasteiger partial charge in [0, 0.05) is 44.6 Å². The van der Waals surface area contributed by atoms with Gasteiger partial charge in [-0.25, -0.2) is 0 Å². The first-order valence-corrected chi connectivity index (χ1v) is 18.2. The van der Waals surface area contributed by atoms with Gasteiger partial charge in [0.05, 0.1) is 24.9 Å². The second kappa shape index (κ2) is 20.5. The topological polar surface area (TPSA) is 131 Å². The number of ether oxygens (including phenoxy) is 7. The summed E-state index contributed by atoms with van der Waals surface area (Å²) in [6.07, 6.45) is 10.2. The number of para-hydroxylation sites is 1. The number of carbonyl (C=O) groups is 2. The van der Waals surface area contributed by atoms with E-state index in [2.05, 4.69) is 11.4 Å². The van der Waals surface area contributed by atoms with Crippen LogP contribution in [0.25, 0.3) is 0 Å². The highest BCUT2D eigenvalue weighted by molar-refractivity contribution is 5.88. The van der Waals surface area contributed by atoms with Crippen molar-refractivity contribution in [3.8, 4) is 11.5 Å². The predicted octanol–water partition coefficient (Wildman–Crippen LogP) is 6.34. The number of esters is 1. The van der Waals surface area contributed by atoms with Gasteiger partial charge in [-0.15, -0.1) is 0 Å². The van der Waals surface area contributed by atoms with Gasteiger partial charge in [-0.05, 0) is 94.2 Å². The Balaban J connectivity index is 1.14. The average Bonchev–Trinajstić information content (AvgIpc) is 3.42. The van der Waals surface area contributed by atoms with Crippen LogP contribution in [0.4, 0.5) is 5.69 Å². The van der Waals surface area contributed by atoms with Crippen LogP contribution in [0.1, 0.15) is 77.6 Å². The minimum absolute atomic E-state index is 0.163. The number of hydrogen-bond donors (Lipinski definition) is 2. The van der Waals surface area contributed by atoms with Crippen molar-refractivity contribution < 1.29 is 47.9 Å². The summed E-state index contributed by atoms with van der Waals surface area (Å²) in [6.45, 7) is 3.34. The molecule has 11 nitrogen and oxygen atoms in total. The summed E-state index contributed by atoms with van der Waals surface area (Å²) in [5, 5.41) is 13.9. The molecule has 11 heteroatoms. The number of unbranched alkanes of at least 4 members (excludes halogenated alkanes) is 1. The lowest BCUT2D eigenvalue weighted by Gasteiger charge is -2.32. The monoisotopic (exact) mass is 695 g/mol. The van der Waals surface area contributed by atoms with E-state index in [1.807, 2.05) is 36.4 Å². The Hall–Kier alpha value is -3.32. The molecule has 7 atom stereocenters. The van der Waals surface area contributed by atoms with Crippen molar-refractivity contribution in [3.05, 3.63) is 66.7 Å². The van der Waals surface area contributed by atoms with Crippen LogP contribution in [0, 0.1) is 5.92 Å². The summed E-state index contributed by atoms with van der Waals surface area (Å²) in [5.74, 6) is 0.519. The van der Waals surface area contributed by atoms with E-state index in [9.17, 15) is 14.7 Å². The number of aliphatic hydroxyl groups is 1. The normalized spacial score (nSPS) is 26.0. The highest BCUT2D eigenvalue weighted by Crippen LogP contribution is 2.36. The molecule has 3 unspecified atom stereocenters. The Bertz CT molecular complexity index is 1310. The van der Waals surface area contributed by atoms with Gasteiger partial charge in [0.2, 0.25) is 5.91 Å². The van der Waals surface area contributed by atoms with Crippen LogP contribution in [0.5, 0.6) is 11.5 Å². The van der Waals surface area contributed by atoms with Gasteiger partial charge in [-0.3, -0.25) is 9.59 Å². The van der Waals surface area contributed by atoms with Crippen LogP contribution in [0.15, 0.2) is 66.7 Å². The van der Waals surface area contributed by atoms with Crippen LogP contribution in [0.2, 0.25) is 0 Å². The molecule has 2 heterocycles. The molecule has 1 amide bonds. The van der Waals surface area contributed by atoms with Crippen molar-refractivity contribution in [2.24, 2.45) is 5.92 Å². The molecule has 0 radical (unpaired) electrons. The van der Waals surface area contributed by atoms with Gasteiger partial charge in [-0.2, -0.15) is 0 Å². The summed E-state index contributed by atoms with van der Waals surface area (Å²) < 4.78 is 42.6. The Morgan fingerprint density at radius 1 is 0.920 bits per heavy atom. The Kier molecular flexibility index (Phi) is 15.6. The molecule has 5 rings (SSSR count). The van der Waals surface area contributed by atoms with Crippen molar-refractivity contribution >= 4 is 17.6 Å². The molecular weight excluding hydrogens is 642 g/mol. The van der Waals surface area contributed by atoms with E-state index < -0.39 is 6.10 Å². The molecule has 0 spiro atoms. The van der Waals surface area contributed by atoms with Crippen LogP contribution in [-0.2, 0) is 33.3 Å². The lowest BCUT2D eigenvalue weighted by Crippen LogP contribution is -2.40. The largest absolute Gasteiger partial charge is 0.491 e. The molecule has 2 aromatic rings. The van der Waals surface area contributed by atoms with Crippen molar-refractivity contribution in [2.45, 2.75) is 115 Å². The summed E-state index contributed by atoms with van der Waals surface area (Å²) in [5.41, 5.74) is 0.641. The zero-order chi connectivity index (χ0) is 35.0. The number of benzene rings is 2. The quantitative estimate of drug-likeness (QED) is 0.0789. The number of hydrogen-bond acceptors (Lipinski definition) is 10. The lowest BCUT2D eigenvalue weighted by molar-refractivity contribution is -0.226. The molecule has 2 N–H and O–H groups in total. The highest BCUT2D eigenvalue weighted by Gasteiger charge is 2.45. The molecule has 2 aliphatic heterocycles. The van der Waals surface area contributed by atoms with Crippen molar-refractivity contribution in [1.82, 2.24) is 0 Å². The molecule has 274 valence electrons. The number of aliphatic hydroxyl groups excluding tert-OH is 1.